The number of hydrogen-bond donors (Lipinski definition) is 4. The molecule has 1 unspecified atom stereocenters. The first-order valence-electron chi connectivity index (χ1n) is 18.6. The quantitative estimate of drug-likeness (QED) is 0.0154. The lowest BCUT2D eigenvalue weighted by atomic mass is 9.83. The Balaban J connectivity index is 1.21. The van der Waals surface area contributed by atoms with Crippen LogP contribution in [0.1, 0.15) is 49.7 Å². The second-order valence-corrected chi connectivity index (χ2v) is 13.8. The van der Waals surface area contributed by atoms with Crippen molar-refractivity contribution in [3.63, 3.8) is 0 Å². The van der Waals surface area contributed by atoms with Crippen molar-refractivity contribution in [1.82, 2.24) is 0 Å². The zero-order chi connectivity index (χ0) is 47.7. The van der Waals surface area contributed by atoms with E-state index in [4.69, 9.17) is 20.9 Å². The number of aliphatic hydroxyl groups is 2. The second-order valence-electron chi connectivity index (χ2n) is 13.8. The van der Waals surface area contributed by atoms with E-state index < -0.39 is 78.2 Å². The zero-order valence-corrected chi connectivity index (χ0v) is 33.1. The van der Waals surface area contributed by atoms with E-state index >= 15 is 0 Å². The number of rotatable bonds is 19. The molecule has 0 spiro atoms. The van der Waals surface area contributed by atoms with Gasteiger partial charge >= 0.3 is 37.0 Å². The number of allylic oxidation sites excluding steroid dienone is 1. The number of nitrogens with two attached hydrogens (primary N) is 2. The lowest BCUT2D eigenvalue weighted by Gasteiger charge is -2.29. The van der Waals surface area contributed by atoms with Crippen LogP contribution in [-0.2, 0) is 9.59 Å². The first-order valence-corrected chi connectivity index (χ1v) is 18.6. The Bertz CT molecular complexity index is 2530. The Hall–Kier alpha value is -7.58. The highest BCUT2D eigenvalue weighted by Crippen LogP contribution is 2.35. The molecule has 340 valence electrons. The number of nitrogen functional groups attached to an aromatic ring is 2. The minimum Gasteiger partial charge on any atom is -0.428 e. The molecule has 6 N–H and O–H groups in total. The Morgan fingerprint density at radius 1 is 0.554 bits per heavy atom. The molecule has 5 aromatic carbocycles. The molecule has 12 nitrogen and oxygen atoms in total. The number of benzene rings is 5. The number of ketones is 2. The minimum atomic E-state index is -4.74. The third kappa shape index (κ3) is 13.2. The van der Waals surface area contributed by atoms with E-state index in [1.54, 1.807) is 0 Å². The van der Waals surface area contributed by atoms with Gasteiger partial charge in [0.15, 0.2) is 5.78 Å². The Labute approximate surface area is 362 Å². The monoisotopic (exact) mass is 914 g/mol. The minimum absolute atomic E-state index is 0.00508. The summed E-state index contributed by atoms with van der Waals surface area (Å²) in [5, 5.41) is 22.5. The summed E-state index contributed by atoms with van der Waals surface area (Å²) in [6.45, 7) is 0. The maximum Gasteiger partial charge on any atom is 0.461 e. The van der Waals surface area contributed by atoms with Crippen molar-refractivity contribution in [2.24, 2.45) is 0 Å². The summed E-state index contributed by atoms with van der Waals surface area (Å²) in [6, 6.07) is 22.6. The molecule has 0 saturated carbocycles. The Morgan fingerprint density at radius 2 is 0.923 bits per heavy atom. The molecule has 20 heteroatoms. The van der Waals surface area contributed by atoms with Gasteiger partial charge in [-0.1, -0.05) is 36.4 Å². The fourth-order valence-corrected chi connectivity index (χ4v) is 5.67. The topological polar surface area (TPSA) is 198 Å². The molecule has 65 heavy (non-hydrogen) atoms. The number of hydrogen-bond acceptors (Lipinski definition) is 12. The number of halogens is 8. The van der Waals surface area contributed by atoms with Crippen molar-refractivity contribution in [3.8, 4) is 23.0 Å². The van der Waals surface area contributed by atoms with Crippen LogP contribution in [0.3, 0.4) is 0 Å². The molecular formula is C45H34F8N2O10. The third-order valence-corrected chi connectivity index (χ3v) is 8.92. The summed E-state index contributed by atoms with van der Waals surface area (Å²) < 4.78 is 121. The van der Waals surface area contributed by atoms with Crippen LogP contribution in [0.2, 0.25) is 0 Å². The highest BCUT2D eigenvalue weighted by Gasteiger charge is 2.45. The number of ether oxygens (including phenoxy) is 4. The van der Waals surface area contributed by atoms with E-state index in [-0.39, 0.29) is 39.6 Å². The molecule has 0 radical (unpaired) electrons. The van der Waals surface area contributed by atoms with Crippen molar-refractivity contribution in [1.29, 1.82) is 0 Å². The van der Waals surface area contributed by atoms with Crippen molar-refractivity contribution < 1.29 is 83.5 Å². The van der Waals surface area contributed by atoms with Gasteiger partial charge in [-0.05, 0) is 120 Å². The van der Waals surface area contributed by atoms with Crippen LogP contribution < -0.4 is 30.4 Å². The van der Waals surface area contributed by atoms with Gasteiger partial charge in [-0.3, -0.25) is 9.59 Å². The first-order chi connectivity index (χ1) is 30.5. The standard InChI is InChI=1S/C45H34F8N2O10/c46-41(47)44(50,51)64-35-16-7-27(8-17-35)39(58)62-33-12-2-25(3-13-33)1-11-32(56)24-37(29-21-30(54)23-31(55)22-29)43(60,61)38(57)20-6-26-4-14-34(15-5-26)63-40(59)28-9-18-36(19-10-28)65-45(52,53)42(48)49/h1-23,37,41-42,60-61H,24,54-55H2. The lowest BCUT2D eigenvalue weighted by Crippen LogP contribution is -2.44. The van der Waals surface area contributed by atoms with Gasteiger partial charge in [-0.2, -0.15) is 35.1 Å². The Kier molecular flexibility index (Phi) is 15.1. The summed E-state index contributed by atoms with van der Waals surface area (Å²) >= 11 is 0. The number of carbonyl (C=O) groups excluding carboxylic acids is 4. The van der Waals surface area contributed by atoms with Gasteiger partial charge in [0.2, 0.25) is 11.6 Å². The van der Waals surface area contributed by atoms with E-state index in [9.17, 15) is 64.5 Å². The van der Waals surface area contributed by atoms with Gasteiger partial charge in [0, 0.05) is 17.8 Å². The molecule has 5 aromatic rings. The number of esters is 2. The van der Waals surface area contributed by atoms with Crippen molar-refractivity contribution in [2.45, 2.75) is 43.2 Å². The van der Waals surface area contributed by atoms with Crippen LogP contribution in [0.25, 0.3) is 12.2 Å². The van der Waals surface area contributed by atoms with Crippen LogP contribution in [0.15, 0.2) is 127 Å². The van der Waals surface area contributed by atoms with Crippen LogP contribution >= 0.6 is 0 Å². The average molecular weight is 915 g/mol. The van der Waals surface area contributed by atoms with Crippen molar-refractivity contribution >= 4 is 47.0 Å². The highest BCUT2D eigenvalue weighted by atomic mass is 19.3. The smallest absolute Gasteiger partial charge is 0.428 e. The zero-order valence-electron chi connectivity index (χ0n) is 33.1. The van der Waals surface area contributed by atoms with Crippen LogP contribution in [0.4, 0.5) is 46.5 Å². The SMILES string of the molecule is Nc1cc(N)cc(C(CC(=O)C=Cc2ccc(OC(=O)c3ccc(OC(F)(F)C(F)F)cc3)cc2)C(O)(O)C(=O)C=Cc2ccc(OC(=O)c3ccc(OC(F)(F)C(F)F)cc3)cc2)c1. The molecule has 0 amide bonds. The molecule has 0 aliphatic rings. The number of anilines is 2. The molecule has 0 saturated heterocycles. The van der Waals surface area contributed by atoms with Gasteiger partial charge in [0.1, 0.15) is 23.0 Å². The van der Waals surface area contributed by atoms with Gasteiger partial charge in [-0.15, -0.1) is 0 Å². The van der Waals surface area contributed by atoms with Gasteiger partial charge in [0.25, 0.3) is 0 Å². The first kappa shape index (κ1) is 48.5. The molecule has 0 fully saturated rings. The third-order valence-electron chi connectivity index (χ3n) is 8.92. The predicted octanol–water partition coefficient (Wildman–Crippen LogP) is 8.48. The van der Waals surface area contributed by atoms with Crippen molar-refractivity contribution in [3.05, 3.63) is 155 Å². The molecule has 5 rings (SSSR count). The van der Waals surface area contributed by atoms with Crippen molar-refractivity contribution in [2.75, 3.05) is 11.5 Å². The van der Waals surface area contributed by atoms with Gasteiger partial charge in [-0.25, -0.2) is 9.59 Å². The molecule has 0 aliphatic heterocycles. The molecule has 0 aliphatic carbocycles. The molecular weight excluding hydrogens is 880 g/mol. The normalized spacial score (nSPS) is 12.7. The van der Waals surface area contributed by atoms with Gasteiger partial charge in [0.05, 0.1) is 17.0 Å². The molecule has 1 atom stereocenters. The lowest BCUT2D eigenvalue weighted by molar-refractivity contribution is -0.253. The predicted molar refractivity (Wildman–Crippen MR) is 217 cm³/mol. The largest absolute Gasteiger partial charge is 0.461 e. The number of carbonyl (C=O) groups is 4. The fourth-order valence-electron chi connectivity index (χ4n) is 5.67. The Morgan fingerprint density at radius 3 is 1.31 bits per heavy atom. The van der Waals surface area contributed by atoms with E-state index in [1.165, 1.54) is 78.9 Å². The average Bonchev–Trinajstić information content (AvgIpc) is 3.24. The summed E-state index contributed by atoms with van der Waals surface area (Å²) in [5.41, 5.74) is 12.5. The summed E-state index contributed by atoms with van der Waals surface area (Å²) in [4.78, 5) is 51.7. The van der Waals surface area contributed by atoms with Gasteiger partial charge < -0.3 is 40.6 Å². The van der Waals surface area contributed by atoms with E-state index in [1.807, 2.05) is 0 Å². The second kappa shape index (κ2) is 20.3. The van der Waals surface area contributed by atoms with Crippen LogP contribution in [0, 0.1) is 0 Å². The maximum atomic E-state index is 13.3. The summed E-state index contributed by atoms with van der Waals surface area (Å²) in [7, 11) is 0. The maximum absolute atomic E-state index is 13.3. The fraction of sp³-hybridized carbons (Fsp3) is 0.156. The highest BCUT2D eigenvalue weighted by molar-refractivity contribution is 6.01. The number of alkyl halides is 8. The van der Waals surface area contributed by atoms with Crippen LogP contribution in [0.5, 0.6) is 23.0 Å². The van der Waals surface area contributed by atoms with Crippen LogP contribution in [-0.4, -0.2) is 64.6 Å². The van der Waals surface area contributed by atoms with E-state index in [0.29, 0.717) is 11.1 Å². The van der Waals surface area contributed by atoms with E-state index in [0.717, 1.165) is 60.7 Å². The molecule has 0 heterocycles. The van der Waals surface area contributed by atoms with E-state index in [2.05, 4.69) is 9.47 Å². The summed E-state index contributed by atoms with van der Waals surface area (Å²) in [6.07, 6.45) is -13.8. The molecule has 0 aromatic heterocycles. The summed E-state index contributed by atoms with van der Waals surface area (Å²) in [5.74, 6) is -9.84. The molecule has 0 bridgehead atoms.